The molecule has 0 aromatic heterocycles. The fourth-order valence-corrected chi connectivity index (χ4v) is 6.37. The summed E-state index contributed by atoms with van der Waals surface area (Å²) < 4.78 is 46.0. The summed E-state index contributed by atoms with van der Waals surface area (Å²) in [4.78, 5) is 25.9. The minimum absolute atomic E-state index is 0.249. The molecule has 1 aliphatic carbocycles. The van der Waals surface area contributed by atoms with Crippen molar-refractivity contribution in [1.29, 1.82) is 0 Å². The zero-order valence-corrected chi connectivity index (χ0v) is 21.7. The molecular formula is C29H32F3N3O4. The summed E-state index contributed by atoms with van der Waals surface area (Å²) in [5.41, 5.74) is 1.49. The number of ether oxygens (including phenoxy) is 1. The molecule has 1 N–H and O–H groups in total. The maximum absolute atomic E-state index is 13.5. The van der Waals surface area contributed by atoms with Crippen LogP contribution in [0.15, 0.2) is 59.7 Å². The van der Waals surface area contributed by atoms with E-state index < -0.39 is 36.2 Å². The van der Waals surface area contributed by atoms with Crippen molar-refractivity contribution in [3.63, 3.8) is 0 Å². The molecule has 5 atom stereocenters. The second-order valence-electron chi connectivity index (χ2n) is 10.9. The van der Waals surface area contributed by atoms with Crippen LogP contribution >= 0.6 is 0 Å². The first kappa shape index (κ1) is 27.0. The van der Waals surface area contributed by atoms with Gasteiger partial charge in [-0.3, -0.25) is 9.80 Å². The zero-order chi connectivity index (χ0) is 27.7. The molecule has 208 valence electrons. The van der Waals surface area contributed by atoms with Gasteiger partial charge < -0.3 is 14.7 Å². The van der Waals surface area contributed by atoms with E-state index in [1.54, 1.807) is 12.1 Å². The lowest BCUT2D eigenvalue weighted by Crippen LogP contribution is -2.45. The molecule has 2 aliphatic heterocycles. The molecule has 39 heavy (non-hydrogen) atoms. The van der Waals surface area contributed by atoms with Gasteiger partial charge in [0.1, 0.15) is 12.3 Å². The third kappa shape index (κ3) is 5.89. The van der Waals surface area contributed by atoms with E-state index in [-0.39, 0.29) is 12.7 Å². The first-order valence-corrected chi connectivity index (χ1v) is 13.3. The lowest BCUT2D eigenvalue weighted by atomic mass is 9.81. The highest BCUT2D eigenvalue weighted by atomic mass is 19.4. The SMILES string of the molecule is C[C@@H]1C(C(F)(F)F)=NN(c2ccc(CC3[C@@H]4CC[C@H]3CN(C(=O)OCc3ccccc3)C4)cc2)[C@H]1CC(=O)O. The average Bonchev–Trinajstić information content (AvgIpc) is 3.33. The van der Waals surface area contributed by atoms with Crippen molar-refractivity contribution in [2.45, 2.75) is 51.4 Å². The van der Waals surface area contributed by atoms with E-state index in [0.29, 0.717) is 36.5 Å². The highest BCUT2D eigenvalue weighted by Crippen LogP contribution is 2.44. The Balaban J connectivity index is 1.22. The molecule has 1 saturated carbocycles. The summed E-state index contributed by atoms with van der Waals surface area (Å²) in [6.45, 7) is 2.93. The van der Waals surface area contributed by atoms with Crippen molar-refractivity contribution in [1.82, 2.24) is 4.90 Å². The van der Waals surface area contributed by atoms with Gasteiger partial charge in [-0.2, -0.15) is 18.3 Å². The molecule has 2 bridgehead atoms. The Labute approximate surface area is 225 Å². The van der Waals surface area contributed by atoms with Crippen LogP contribution in [0.4, 0.5) is 23.7 Å². The topological polar surface area (TPSA) is 82.4 Å². The summed E-state index contributed by atoms with van der Waals surface area (Å²) in [7, 11) is 0. The molecule has 2 fully saturated rings. The molecular weight excluding hydrogens is 511 g/mol. The number of amides is 1. The standard InChI is InChI=1S/C29H32F3N3O4/c1-18-25(14-26(36)37)35(33-27(18)29(30,31)32)23-11-7-19(8-12-23)13-24-21-9-10-22(24)16-34(15-21)28(38)39-17-20-5-3-2-4-6-20/h2-8,11-12,18,21-22,24-25H,9-10,13-17H2,1H3,(H,36,37)/t18-,21-,22+,24?,25-/m0/s1. The molecule has 3 aliphatic rings. The molecule has 5 rings (SSSR count). The molecule has 10 heteroatoms. The van der Waals surface area contributed by atoms with Crippen LogP contribution in [0.5, 0.6) is 0 Å². The van der Waals surface area contributed by atoms with E-state index in [1.165, 1.54) is 11.9 Å². The van der Waals surface area contributed by atoms with E-state index in [2.05, 4.69) is 5.10 Å². The van der Waals surface area contributed by atoms with Crippen LogP contribution in [0.3, 0.4) is 0 Å². The van der Waals surface area contributed by atoms with Gasteiger partial charge in [-0.15, -0.1) is 0 Å². The van der Waals surface area contributed by atoms with Gasteiger partial charge in [0.15, 0.2) is 0 Å². The number of carbonyl (C=O) groups excluding carboxylic acids is 1. The number of likely N-dealkylation sites (tertiary alicyclic amines) is 1. The number of aliphatic carboxylic acids is 1. The van der Waals surface area contributed by atoms with Gasteiger partial charge >= 0.3 is 18.2 Å². The van der Waals surface area contributed by atoms with Crippen LogP contribution < -0.4 is 5.01 Å². The van der Waals surface area contributed by atoms with E-state index in [9.17, 15) is 27.9 Å². The number of piperidine rings is 1. The van der Waals surface area contributed by atoms with Crippen molar-refractivity contribution in [2.24, 2.45) is 28.8 Å². The number of hydrogen-bond donors (Lipinski definition) is 1. The fraction of sp³-hybridized carbons (Fsp3) is 0.483. The van der Waals surface area contributed by atoms with Gasteiger partial charge in [-0.25, -0.2) is 4.79 Å². The van der Waals surface area contributed by atoms with Crippen molar-refractivity contribution < 1.29 is 32.6 Å². The number of alkyl halides is 3. The lowest BCUT2D eigenvalue weighted by molar-refractivity contribution is -0.137. The summed E-state index contributed by atoms with van der Waals surface area (Å²) >= 11 is 0. The van der Waals surface area contributed by atoms with E-state index in [4.69, 9.17) is 4.74 Å². The Hall–Kier alpha value is -3.56. The van der Waals surface area contributed by atoms with Crippen LogP contribution in [-0.4, -0.2) is 53.1 Å². The lowest BCUT2D eigenvalue weighted by Gasteiger charge is -2.37. The molecule has 2 aromatic rings. The molecule has 7 nitrogen and oxygen atoms in total. The summed E-state index contributed by atoms with van der Waals surface area (Å²) in [6, 6.07) is 15.9. The fourth-order valence-electron chi connectivity index (χ4n) is 6.37. The molecule has 0 radical (unpaired) electrons. The third-order valence-electron chi connectivity index (χ3n) is 8.38. The number of benzene rings is 2. The van der Waals surface area contributed by atoms with Gasteiger partial charge in [-0.1, -0.05) is 49.4 Å². The minimum atomic E-state index is -4.62. The molecule has 2 aromatic carbocycles. The predicted octanol–water partition coefficient (Wildman–Crippen LogP) is 5.74. The number of anilines is 1. The predicted molar refractivity (Wildman–Crippen MR) is 139 cm³/mol. The number of carbonyl (C=O) groups is 2. The number of carboxylic acids is 1. The first-order chi connectivity index (χ1) is 18.6. The van der Waals surface area contributed by atoms with Gasteiger partial charge in [0, 0.05) is 19.0 Å². The second kappa shape index (κ2) is 10.9. The van der Waals surface area contributed by atoms with Crippen molar-refractivity contribution in [3.8, 4) is 0 Å². The number of rotatable bonds is 7. The Morgan fingerprint density at radius 1 is 1.00 bits per heavy atom. The molecule has 1 unspecified atom stereocenters. The smallest absolute Gasteiger partial charge is 0.431 e. The van der Waals surface area contributed by atoms with Gasteiger partial charge in [-0.05, 0) is 60.3 Å². The maximum Gasteiger partial charge on any atom is 0.431 e. The minimum Gasteiger partial charge on any atom is -0.481 e. The van der Waals surface area contributed by atoms with Gasteiger partial charge in [0.05, 0.1) is 18.2 Å². The Morgan fingerprint density at radius 2 is 1.64 bits per heavy atom. The Kier molecular flexibility index (Phi) is 7.55. The van der Waals surface area contributed by atoms with Crippen molar-refractivity contribution >= 4 is 23.5 Å². The van der Waals surface area contributed by atoms with Crippen LogP contribution in [0.1, 0.15) is 37.3 Å². The number of fused-ring (bicyclic) bond motifs is 2. The summed E-state index contributed by atoms with van der Waals surface area (Å²) in [5.74, 6) is -1.08. The maximum atomic E-state index is 13.5. The highest BCUT2D eigenvalue weighted by Gasteiger charge is 2.49. The zero-order valence-electron chi connectivity index (χ0n) is 21.7. The van der Waals surface area contributed by atoms with E-state index >= 15 is 0 Å². The quantitative estimate of drug-likeness (QED) is 0.482. The van der Waals surface area contributed by atoms with Crippen LogP contribution in [0.25, 0.3) is 0 Å². The Morgan fingerprint density at radius 3 is 2.23 bits per heavy atom. The summed E-state index contributed by atoms with van der Waals surface area (Å²) in [5, 5.41) is 14.3. The molecule has 1 amide bonds. The van der Waals surface area contributed by atoms with Gasteiger partial charge in [0.2, 0.25) is 0 Å². The molecule has 1 saturated heterocycles. The Bertz CT molecular complexity index is 1200. The van der Waals surface area contributed by atoms with Crippen molar-refractivity contribution in [2.75, 3.05) is 18.1 Å². The summed E-state index contributed by atoms with van der Waals surface area (Å²) in [6.07, 6.45) is -2.43. The van der Waals surface area contributed by atoms with Crippen LogP contribution in [0.2, 0.25) is 0 Å². The van der Waals surface area contributed by atoms with Crippen LogP contribution in [-0.2, 0) is 22.6 Å². The normalized spacial score (nSPS) is 26.5. The van der Waals surface area contributed by atoms with Crippen molar-refractivity contribution in [3.05, 3.63) is 65.7 Å². The molecule has 0 spiro atoms. The number of hydrazone groups is 1. The average molecular weight is 544 g/mol. The first-order valence-electron chi connectivity index (χ1n) is 13.3. The second-order valence-corrected chi connectivity index (χ2v) is 10.9. The molecule has 2 heterocycles. The largest absolute Gasteiger partial charge is 0.481 e. The number of nitrogens with zero attached hydrogens (tertiary/aromatic N) is 3. The highest BCUT2D eigenvalue weighted by molar-refractivity contribution is 5.95. The van der Waals surface area contributed by atoms with E-state index in [1.807, 2.05) is 47.4 Å². The monoisotopic (exact) mass is 543 g/mol. The van der Waals surface area contributed by atoms with Gasteiger partial charge in [0.25, 0.3) is 0 Å². The number of carboxylic acid groups (broad SMARTS) is 1. The number of halogens is 3. The third-order valence-corrected chi connectivity index (χ3v) is 8.38. The van der Waals surface area contributed by atoms with E-state index in [0.717, 1.165) is 30.4 Å². The van der Waals surface area contributed by atoms with Crippen LogP contribution in [0, 0.1) is 23.7 Å². The number of hydrogen-bond acceptors (Lipinski definition) is 5.